The summed E-state index contributed by atoms with van der Waals surface area (Å²) in [5, 5.41) is 9.14. The molecule has 0 radical (unpaired) electrons. The van der Waals surface area contributed by atoms with E-state index < -0.39 is 5.97 Å². The minimum absolute atomic E-state index is 0.181. The molecule has 2 unspecified atom stereocenters. The van der Waals surface area contributed by atoms with Gasteiger partial charge in [0.25, 0.3) is 0 Å². The lowest BCUT2D eigenvalue weighted by molar-refractivity contribution is -0.200. The Balaban J connectivity index is 2.08. The molecule has 0 amide bonds. The zero-order valence-electron chi connectivity index (χ0n) is 11.2. The van der Waals surface area contributed by atoms with E-state index in [2.05, 4.69) is 32.6 Å². The van der Waals surface area contributed by atoms with Crippen molar-refractivity contribution in [3.8, 4) is 0 Å². The van der Waals surface area contributed by atoms with Crippen LogP contribution < -0.4 is 0 Å². The maximum Gasteiger partial charge on any atom is 0.308 e. The molecule has 4 nitrogen and oxygen atoms in total. The van der Waals surface area contributed by atoms with Gasteiger partial charge < -0.3 is 9.84 Å². The first kappa shape index (κ1) is 12.8. The molecule has 1 heterocycles. The van der Waals surface area contributed by atoms with E-state index in [1.807, 2.05) is 0 Å². The summed E-state index contributed by atoms with van der Waals surface area (Å²) in [5.41, 5.74) is -0.388. The van der Waals surface area contributed by atoms with Gasteiger partial charge in [-0.25, -0.2) is 0 Å². The average molecular weight is 241 g/mol. The highest BCUT2D eigenvalue weighted by Gasteiger charge is 2.47. The molecule has 2 aliphatic rings. The van der Waals surface area contributed by atoms with Crippen LogP contribution in [0.15, 0.2) is 0 Å². The minimum atomic E-state index is -0.650. The van der Waals surface area contributed by atoms with E-state index in [1.165, 1.54) is 0 Å². The maximum absolute atomic E-state index is 11.1. The van der Waals surface area contributed by atoms with Gasteiger partial charge in [-0.3, -0.25) is 9.69 Å². The van der Waals surface area contributed by atoms with Crippen molar-refractivity contribution >= 4 is 5.97 Å². The molecule has 1 aliphatic carbocycles. The molecule has 0 aromatic heterocycles. The normalized spacial score (nSPS) is 36.2. The second kappa shape index (κ2) is 3.95. The van der Waals surface area contributed by atoms with Crippen LogP contribution in [0, 0.1) is 5.92 Å². The molecule has 98 valence electrons. The van der Waals surface area contributed by atoms with Crippen molar-refractivity contribution in [1.82, 2.24) is 4.90 Å². The maximum atomic E-state index is 11.1. The molecule has 1 saturated heterocycles. The summed E-state index contributed by atoms with van der Waals surface area (Å²) in [6, 6.07) is 0.204. The largest absolute Gasteiger partial charge is 0.481 e. The summed E-state index contributed by atoms with van der Waals surface area (Å²) >= 11 is 0. The Hall–Kier alpha value is -0.610. The van der Waals surface area contributed by atoms with Gasteiger partial charge in [0.2, 0.25) is 0 Å². The summed E-state index contributed by atoms with van der Waals surface area (Å²) in [6.07, 6.45) is 1.82. The van der Waals surface area contributed by atoms with Crippen LogP contribution >= 0.6 is 0 Å². The van der Waals surface area contributed by atoms with Crippen molar-refractivity contribution in [2.75, 3.05) is 13.1 Å². The van der Waals surface area contributed by atoms with Gasteiger partial charge in [0.05, 0.1) is 17.1 Å². The van der Waals surface area contributed by atoms with Crippen LogP contribution in [0.5, 0.6) is 0 Å². The van der Waals surface area contributed by atoms with Gasteiger partial charge >= 0.3 is 5.97 Å². The molecule has 1 N–H and O–H groups in total. The van der Waals surface area contributed by atoms with Gasteiger partial charge in [-0.15, -0.1) is 0 Å². The Morgan fingerprint density at radius 2 is 1.71 bits per heavy atom. The van der Waals surface area contributed by atoms with Gasteiger partial charge in [-0.1, -0.05) is 0 Å². The van der Waals surface area contributed by atoms with Gasteiger partial charge in [0.15, 0.2) is 0 Å². The fourth-order valence-electron chi connectivity index (χ4n) is 3.29. The summed E-state index contributed by atoms with van der Waals surface area (Å²) in [6.45, 7) is 9.96. The Morgan fingerprint density at radius 3 is 2.06 bits per heavy atom. The molecule has 2 atom stereocenters. The molecule has 17 heavy (non-hydrogen) atoms. The molecule has 2 fully saturated rings. The molecule has 1 saturated carbocycles. The zero-order valence-corrected chi connectivity index (χ0v) is 11.2. The van der Waals surface area contributed by atoms with Gasteiger partial charge in [0, 0.05) is 19.1 Å². The van der Waals surface area contributed by atoms with Crippen LogP contribution in [0.25, 0.3) is 0 Å². The first-order chi connectivity index (χ1) is 7.70. The first-order valence-electron chi connectivity index (χ1n) is 6.37. The summed E-state index contributed by atoms with van der Waals surface area (Å²) in [4.78, 5) is 13.4. The predicted molar refractivity (Wildman–Crippen MR) is 65.0 cm³/mol. The van der Waals surface area contributed by atoms with E-state index in [1.54, 1.807) is 0 Å². The van der Waals surface area contributed by atoms with Crippen LogP contribution in [0.4, 0.5) is 0 Å². The smallest absolute Gasteiger partial charge is 0.308 e. The Kier molecular flexibility index (Phi) is 2.99. The van der Waals surface area contributed by atoms with Crippen LogP contribution in [0.3, 0.4) is 0 Å². The summed E-state index contributed by atoms with van der Waals surface area (Å²) < 4.78 is 6.02. The molecule has 0 spiro atoms. The van der Waals surface area contributed by atoms with E-state index in [9.17, 15) is 4.79 Å². The van der Waals surface area contributed by atoms with Crippen LogP contribution in [-0.4, -0.2) is 46.3 Å². The molecular formula is C13H23NO3. The van der Waals surface area contributed by atoms with Gasteiger partial charge in [-0.05, 0) is 40.5 Å². The molecule has 4 heteroatoms. The molecule has 0 aromatic carbocycles. The third kappa shape index (κ3) is 2.63. The molecule has 2 rings (SSSR count). The van der Waals surface area contributed by atoms with Crippen LogP contribution in [0.2, 0.25) is 0 Å². The van der Waals surface area contributed by atoms with Crippen LogP contribution in [-0.2, 0) is 9.53 Å². The Bertz CT molecular complexity index is 309. The van der Waals surface area contributed by atoms with Crippen molar-refractivity contribution in [2.24, 2.45) is 5.92 Å². The van der Waals surface area contributed by atoms with Crippen molar-refractivity contribution in [1.29, 1.82) is 0 Å². The molecular weight excluding hydrogens is 218 g/mol. The lowest BCUT2D eigenvalue weighted by Gasteiger charge is -2.53. The standard InChI is InChI=1S/C13H23NO3/c1-12(2)7-14(8-13(3,4)17-12)10-6-5-9(10)11(15)16/h9-10H,5-8H2,1-4H3,(H,15,16). The number of hydrogen-bond acceptors (Lipinski definition) is 3. The second-order valence-corrected chi connectivity index (χ2v) is 6.62. The third-order valence-corrected chi connectivity index (χ3v) is 3.74. The van der Waals surface area contributed by atoms with Crippen LogP contribution in [0.1, 0.15) is 40.5 Å². The zero-order chi connectivity index (χ0) is 12.8. The number of aliphatic carboxylic acids is 1. The second-order valence-electron chi connectivity index (χ2n) is 6.62. The van der Waals surface area contributed by atoms with E-state index in [0.29, 0.717) is 0 Å². The number of rotatable bonds is 2. The monoisotopic (exact) mass is 241 g/mol. The summed E-state index contributed by atoms with van der Waals surface area (Å²) in [7, 11) is 0. The number of nitrogens with zero attached hydrogens (tertiary/aromatic N) is 1. The Morgan fingerprint density at radius 1 is 1.18 bits per heavy atom. The molecule has 0 aromatic rings. The predicted octanol–water partition coefficient (Wildman–Crippen LogP) is 1.74. The minimum Gasteiger partial charge on any atom is -0.481 e. The molecule has 0 bridgehead atoms. The lowest BCUT2D eigenvalue weighted by Crippen LogP contribution is -2.63. The first-order valence-corrected chi connectivity index (χ1v) is 6.37. The number of carboxylic acid groups (broad SMARTS) is 1. The number of carboxylic acids is 1. The number of hydrogen-bond donors (Lipinski definition) is 1. The lowest BCUT2D eigenvalue weighted by atomic mass is 9.77. The number of ether oxygens (including phenoxy) is 1. The van der Waals surface area contributed by atoms with Crippen molar-refractivity contribution < 1.29 is 14.6 Å². The fraction of sp³-hybridized carbons (Fsp3) is 0.923. The highest BCUT2D eigenvalue weighted by atomic mass is 16.5. The highest BCUT2D eigenvalue weighted by Crippen LogP contribution is 2.37. The third-order valence-electron chi connectivity index (χ3n) is 3.74. The van der Waals surface area contributed by atoms with Crippen molar-refractivity contribution in [3.05, 3.63) is 0 Å². The summed E-state index contributed by atoms with van der Waals surface area (Å²) in [5.74, 6) is -0.831. The topological polar surface area (TPSA) is 49.8 Å². The van der Waals surface area contributed by atoms with E-state index >= 15 is 0 Å². The fourth-order valence-corrected chi connectivity index (χ4v) is 3.29. The van der Waals surface area contributed by atoms with Gasteiger partial charge in [0.1, 0.15) is 0 Å². The quantitative estimate of drug-likeness (QED) is 0.800. The highest BCUT2D eigenvalue weighted by molar-refractivity contribution is 5.72. The Labute approximate surface area is 103 Å². The molecule has 1 aliphatic heterocycles. The van der Waals surface area contributed by atoms with Crippen molar-refractivity contribution in [3.63, 3.8) is 0 Å². The average Bonchev–Trinajstić information content (AvgIpc) is 1.91. The van der Waals surface area contributed by atoms with E-state index in [-0.39, 0.29) is 23.2 Å². The van der Waals surface area contributed by atoms with E-state index in [4.69, 9.17) is 9.84 Å². The van der Waals surface area contributed by atoms with E-state index in [0.717, 1.165) is 25.9 Å². The number of morpholine rings is 1. The SMILES string of the molecule is CC1(C)CN(C2CCC2C(=O)O)CC(C)(C)O1. The van der Waals surface area contributed by atoms with Gasteiger partial charge in [-0.2, -0.15) is 0 Å². The van der Waals surface area contributed by atoms with Crippen molar-refractivity contribution in [2.45, 2.75) is 57.8 Å². The number of carbonyl (C=O) groups is 1.